The van der Waals surface area contributed by atoms with Gasteiger partial charge in [-0.3, -0.25) is 4.79 Å². The van der Waals surface area contributed by atoms with E-state index in [1.165, 1.54) is 6.92 Å². The zero-order valence-corrected chi connectivity index (χ0v) is 9.66. The lowest BCUT2D eigenvalue weighted by molar-refractivity contribution is -0.145. The van der Waals surface area contributed by atoms with Crippen LogP contribution in [0.15, 0.2) is 0 Å². The number of nitrogens with two attached hydrogens (primary N) is 1. The van der Waals surface area contributed by atoms with E-state index in [2.05, 4.69) is 13.8 Å². The summed E-state index contributed by atoms with van der Waals surface area (Å²) >= 11 is 0. The molecule has 0 rings (SSSR count). The van der Waals surface area contributed by atoms with E-state index in [1.54, 1.807) is 0 Å². The molecule has 0 heterocycles. The number of hydrogen-bond acceptors (Lipinski definition) is 4. The lowest BCUT2D eigenvalue weighted by atomic mass is 10.1. The Morgan fingerprint density at radius 2 is 1.93 bits per heavy atom. The third-order valence-electron chi connectivity index (χ3n) is 1.71. The molecule has 90 valence electrons. The highest BCUT2D eigenvalue weighted by Gasteiger charge is 2.27. The molecule has 5 nitrogen and oxygen atoms in total. The van der Waals surface area contributed by atoms with Crippen molar-refractivity contribution in [2.45, 2.75) is 26.3 Å². The Labute approximate surface area is 90.5 Å². The Morgan fingerprint density at radius 3 is 2.40 bits per heavy atom. The van der Waals surface area contributed by atoms with Crippen molar-refractivity contribution in [2.75, 3.05) is 26.4 Å². The molecule has 0 aromatic carbocycles. The molecule has 0 aromatic heterocycles. The lowest BCUT2D eigenvalue weighted by Gasteiger charge is -2.18. The summed E-state index contributed by atoms with van der Waals surface area (Å²) in [5.74, 6) is -0.575. The predicted molar refractivity (Wildman–Crippen MR) is 56.7 cm³/mol. The van der Waals surface area contributed by atoms with Crippen molar-refractivity contribution in [1.82, 2.24) is 0 Å². The summed E-state index contributed by atoms with van der Waals surface area (Å²) in [4.78, 5) is 10.6. The fourth-order valence-corrected chi connectivity index (χ4v) is 0.783. The Hall–Kier alpha value is -0.650. The largest absolute Gasteiger partial charge is 0.480 e. The molecule has 5 heteroatoms. The molecule has 0 fully saturated rings. The zero-order chi connectivity index (χ0) is 11.9. The molecule has 1 unspecified atom stereocenters. The molecule has 0 saturated carbocycles. The summed E-state index contributed by atoms with van der Waals surface area (Å²) in [6, 6.07) is 0. The van der Waals surface area contributed by atoms with Gasteiger partial charge in [-0.2, -0.15) is 0 Å². The normalized spacial score (nSPS) is 15.3. The SMILES string of the molecule is CC(C)COCCOCC(C)(N)C(=O)O. The number of aliphatic carboxylic acids is 1. The van der Waals surface area contributed by atoms with E-state index >= 15 is 0 Å². The van der Waals surface area contributed by atoms with Gasteiger partial charge >= 0.3 is 5.97 Å². The molecule has 0 amide bonds. The van der Waals surface area contributed by atoms with Crippen molar-refractivity contribution in [3.8, 4) is 0 Å². The molecular formula is C10H21NO4. The second-order valence-corrected chi connectivity index (χ2v) is 4.24. The van der Waals surface area contributed by atoms with Crippen molar-refractivity contribution in [3.63, 3.8) is 0 Å². The first-order chi connectivity index (χ1) is 6.86. The summed E-state index contributed by atoms with van der Waals surface area (Å²) in [5.41, 5.74) is 4.14. The Kier molecular flexibility index (Phi) is 6.47. The van der Waals surface area contributed by atoms with Crippen LogP contribution in [0.4, 0.5) is 0 Å². The number of carboxylic acid groups (broad SMARTS) is 1. The monoisotopic (exact) mass is 219 g/mol. The number of carboxylic acids is 1. The lowest BCUT2D eigenvalue weighted by Crippen LogP contribution is -2.49. The maximum absolute atomic E-state index is 10.6. The van der Waals surface area contributed by atoms with E-state index in [0.717, 1.165) is 0 Å². The average molecular weight is 219 g/mol. The molecule has 0 bridgehead atoms. The van der Waals surface area contributed by atoms with Gasteiger partial charge < -0.3 is 20.3 Å². The van der Waals surface area contributed by atoms with Crippen molar-refractivity contribution >= 4 is 5.97 Å². The van der Waals surface area contributed by atoms with Gasteiger partial charge in [0.2, 0.25) is 0 Å². The molecule has 0 spiro atoms. The first-order valence-electron chi connectivity index (χ1n) is 5.04. The van der Waals surface area contributed by atoms with Gasteiger partial charge in [-0.25, -0.2) is 0 Å². The van der Waals surface area contributed by atoms with E-state index in [1.807, 2.05) is 0 Å². The van der Waals surface area contributed by atoms with Crippen LogP contribution in [0.25, 0.3) is 0 Å². The third kappa shape index (κ3) is 7.30. The van der Waals surface area contributed by atoms with Crippen LogP contribution in [0.1, 0.15) is 20.8 Å². The summed E-state index contributed by atoms with van der Waals surface area (Å²) in [6.45, 7) is 7.05. The van der Waals surface area contributed by atoms with Gasteiger partial charge in [-0.05, 0) is 12.8 Å². The van der Waals surface area contributed by atoms with Gasteiger partial charge in [0, 0.05) is 6.61 Å². The smallest absolute Gasteiger partial charge is 0.325 e. The molecule has 1 atom stereocenters. The highest BCUT2D eigenvalue weighted by molar-refractivity contribution is 5.77. The van der Waals surface area contributed by atoms with Crippen LogP contribution in [0, 0.1) is 5.92 Å². The number of carbonyl (C=O) groups is 1. The topological polar surface area (TPSA) is 81.8 Å². The summed E-state index contributed by atoms with van der Waals surface area (Å²) in [5, 5.41) is 8.68. The van der Waals surface area contributed by atoms with E-state index in [-0.39, 0.29) is 6.61 Å². The Balaban J connectivity index is 3.43. The summed E-state index contributed by atoms with van der Waals surface area (Å²) < 4.78 is 10.4. The number of rotatable bonds is 8. The Morgan fingerprint density at radius 1 is 1.40 bits per heavy atom. The molecule has 0 radical (unpaired) electrons. The van der Waals surface area contributed by atoms with Gasteiger partial charge in [-0.1, -0.05) is 13.8 Å². The molecular weight excluding hydrogens is 198 g/mol. The van der Waals surface area contributed by atoms with Crippen molar-refractivity contribution in [3.05, 3.63) is 0 Å². The first-order valence-corrected chi connectivity index (χ1v) is 5.04. The summed E-state index contributed by atoms with van der Waals surface area (Å²) in [6.07, 6.45) is 0. The molecule has 0 aliphatic carbocycles. The fourth-order valence-electron chi connectivity index (χ4n) is 0.783. The standard InChI is InChI=1S/C10H21NO4/c1-8(2)6-14-4-5-15-7-10(3,11)9(12)13/h8H,4-7,11H2,1-3H3,(H,12,13). The zero-order valence-electron chi connectivity index (χ0n) is 9.66. The van der Waals surface area contributed by atoms with E-state index in [9.17, 15) is 4.79 Å². The molecule has 0 saturated heterocycles. The highest BCUT2D eigenvalue weighted by Crippen LogP contribution is 2.00. The molecule has 15 heavy (non-hydrogen) atoms. The van der Waals surface area contributed by atoms with Crippen LogP contribution < -0.4 is 5.73 Å². The second-order valence-electron chi connectivity index (χ2n) is 4.24. The van der Waals surface area contributed by atoms with Crippen LogP contribution >= 0.6 is 0 Å². The van der Waals surface area contributed by atoms with Crippen molar-refractivity contribution in [1.29, 1.82) is 0 Å². The molecule has 3 N–H and O–H groups in total. The van der Waals surface area contributed by atoms with Crippen LogP contribution in [0.2, 0.25) is 0 Å². The van der Waals surface area contributed by atoms with Crippen LogP contribution in [-0.4, -0.2) is 43.0 Å². The molecule has 0 aliphatic heterocycles. The molecule has 0 aliphatic rings. The quantitative estimate of drug-likeness (QED) is 0.580. The average Bonchev–Trinajstić information content (AvgIpc) is 2.10. The van der Waals surface area contributed by atoms with Gasteiger partial charge in [0.25, 0.3) is 0 Å². The minimum atomic E-state index is -1.32. The van der Waals surface area contributed by atoms with E-state index in [4.69, 9.17) is 20.3 Å². The van der Waals surface area contributed by atoms with Gasteiger partial charge in [0.1, 0.15) is 5.54 Å². The van der Waals surface area contributed by atoms with Crippen LogP contribution in [0.5, 0.6) is 0 Å². The van der Waals surface area contributed by atoms with E-state index in [0.29, 0.717) is 25.7 Å². The Bertz CT molecular complexity index is 192. The van der Waals surface area contributed by atoms with Gasteiger partial charge in [0.15, 0.2) is 0 Å². The van der Waals surface area contributed by atoms with Crippen molar-refractivity contribution in [2.24, 2.45) is 11.7 Å². The second kappa shape index (κ2) is 6.76. The maximum Gasteiger partial charge on any atom is 0.325 e. The minimum absolute atomic E-state index is 0.00658. The number of ether oxygens (including phenoxy) is 2. The fraction of sp³-hybridized carbons (Fsp3) is 0.900. The van der Waals surface area contributed by atoms with Gasteiger partial charge in [0.05, 0.1) is 19.8 Å². The minimum Gasteiger partial charge on any atom is -0.480 e. The highest BCUT2D eigenvalue weighted by atomic mass is 16.5. The van der Waals surface area contributed by atoms with Crippen molar-refractivity contribution < 1.29 is 19.4 Å². The van der Waals surface area contributed by atoms with E-state index < -0.39 is 11.5 Å². The van der Waals surface area contributed by atoms with Crippen LogP contribution in [-0.2, 0) is 14.3 Å². The molecule has 0 aromatic rings. The maximum atomic E-state index is 10.6. The number of hydrogen-bond donors (Lipinski definition) is 2. The first kappa shape index (κ1) is 14.3. The third-order valence-corrected chi connectivity index (χ3v) is 1.71. The van der Waals surface area contributed by atoms with Crippen LogP contribution in [0.3, 0.4) is 0 Å². The van der Waals surface area contributed by atoms with Gasteiger partial charge in [-0.15, -0.1) is 0 Å². The predicted octanol–water partition coefficient (Wildman–Crippen LogP) is 0.478. The summed E-state index contributed by atoms with van der Waals surface area (Å²) in [7, 11) is 0.